The number of nitrogens with zero attached hydrogens (tertiary/aromatic N) is 5. The molecule has 6 rings (SSSR count). The lowest BCUT2D eigenvalue weighted by Crippen LogP contribution is -2.41. The highest BCUT2D eigenvalue weighted by atomic mass is 19.4. The maximum absolute atomic E-state index is 14.9. The third kappa shape index (κ3) is 7.74. The number of ether oxygens (including phenoxy) is 2. The number of nitrogen functional groups attached to an aromatic ring is 1. The van der Waals surface area contributed by atoms with Gasteiger partial charge in [-0.1, -0.05) is 38.1 Å². The molecule has 0 aliphatic carbocycles. The second kappa shape index (κ2) is 13.6. The van der Waals surface area contributed by atoms with Crippen molar-refractivity contribution >= 4 is 17.7 Å². The van der Waals surface area contributed by atoms with Crippen LogP contribution in [0.2, 0.25) is 0 Å². The Balaban J connectivity index is 1.28. The summed E-state index contributed by atoms with van der Waals surface area (Å²) in [5.41, 5.74) is 8.00. The smallest absolute Gasteiger partial charge is 0.429 e. The number of alkyl halides is 3. The monoisotopic (exact) mass is 679 g/mol. The van der Waals surface area contributed by atoms with Crippen LogP contribution in [0.25, 0.3) is 16.8 Å². The molecular weight excluding hydrogens is 639 g/mol. The summed E-state index contributed by atoms with van der Waals surface area (Å²) in [5.74, 6) is 0.00758. The zero-order chi connectivity index (χ0) is 34.9. The summed E-state index contributed by atoms with van der Waals surface area (Å²) in [7, 11) is 0. The fourth-order valence-corrected chi connectivity index (χ4v) is 6.46. The van der Waals surface area contributed by atoms with Gasteiger partial charge in [-0.3, -0.25) is 4.79 Å². The van der Waals surface area contributed by atoms with Gasteiger partial charge in [0.1, 0.15) is 17.6 Å². The lowest BCUT2D eigenvalue weighted by molar-refractivity contribution is -0.198. The highest BCUT2D eigenvalue weighted by Gasteiger charge is 2.46. The molecular formula is C35H40F3N7O4. The van der Waals surface area contributed by atoms with Crippen LogP contribution in [0.5, 0.6) is 11.6 Å². The maximum Gasteiger partial charge on any atom is 0.429 e. The molecule has 2 aliphatic rings. The van der Waals surface area contributed by atoms with Gasteiger partial charge in [-0.2, -0.15) is 28.2 Å². The standard InChI is InChI=1S/C35H40F3N7O4/c1-21(2)19-48-25-7-4-23(5-8-25)24-6-9-26(28(16-24)45-13-10-22(3)43-45)31(35(36,37)38)49-30-17-29(41-33(39)42-30)44-14-11-34(12-15-44)18-27(32(46)47)40-20-34/h4-10,13,16-17,21,27,31,40H,11-12,14-15,18-20H2,1-3H3,(H,46,47)(H2,39,41,42)/t27?,31-/m1/s1. The molecule has 49 heavy (non-hydrogen) atoms. The first-order valence-electron chi connectivity index (χ1n) is 16.3. The van der Waals surface area contributed by atoms with Gasteiger partial charge >= 0.3 is 12.1 Å². The zero-order valence-electron chi connectivity index (χ0n) is 27.6. The number of rotatable bonds is 10. The van der Waals surface area contributed by atoms with E-state index in [9.17, 15) is 23.1 Å². The first-order chi connectivity index (χ1) is 23.3. The number of anilines is 2. The van der Waals surface area contributed by atoms with E-state index < -0.39 is 24.3 Å². The van der Waals surface area contributed by atoms with Crippen LogP contribution in [0.15, 0.2) is 60.8 Å². The average molecular weight is 680 g/mol. The molecule has 11 nitrogen and oxygen atoms in total. The number of halogens is 3. The van der Waals surface area contributed by atoms with Crippen molar-refractivity contribution in [1.29, 1.82) is 0 Å². The highest BCUT2D eigenvalue weighted by molar-refractivity contribution is 5.74. The van der Waals surface area contributed by atoms with Gasteiger partial charge < -0.3 is 30.5 Å². The summed E-state index contributed by atoms with van der Waals surface area (Å²) in [6.45, 7) is 8.10. The second-order valence-electron chi connectivity index (χ2n) is 13.3. The SMILES string of the molecule is Cc1ccn(-c2cc(-c3ccc(OCC(C)C)cc3)ccc2[C@@H](Oc2cc(N3CCC4(CC3)CNC(C(=O)O)C4)nc(N)n2)C(F)(F)F)n1. The van der Waals surface area contributed by atoms with E-state index in [0.717, 1.165) is 5.56 Å². The molecule has 1 unspecified atom stereocenters. The largest absolute Gasteiger partial charge is 0.493 e. The summed E-state index contributed by atoms with van der Waals surface area (Å²) >= 11 is 0. The molecule has 0 bridgehead atoms. The molecule has 260 valence electrons. The van der Waals surface area contributed by atoms with Gasteiger partial charge in [0.15, 0.2) is 0 Å². The van der Waals surface area contributed by atoms with Crippen molar-refractivity contribution in [3.8, 4) is 28.4 Å². The third-order valence-corrected chi connectivity index (χ3v) is 9.10. The van der Waals surface area contributed by atoms with E-state index in [4.69, 9.17) is 15.2 Å². The third-order valence-electron chi connectivity index (χ3n) is 9.10. The zero-order valence-corrected chi connectivity index (χ0v) is 27.6. The number of nitrogens with one attached hydrogen (secondary N) is 1. The summed E-state index contributed by atoms with van der Waals surface area (Å²) in [5, 5.41) is 16.9. The average Bonchev–Trinajstić information content (AvgIpc) is 3.69. The fraction of sp³-hybridized carbons (Fsp3) is 0.429. The Hall–Kier alpha value is -4.85. The molecule has 2 aromatic carbocycles. The van der Waals surface area contributed by atoms with Gasteiger partial charge in [0.25, 0.3) is 0 Å². The second-order valence-corrected chi connectivity index (χ2v) is 13.3. The Morgan fingerprint density at radius 1 is 1.08 bits per heavy atom. The Morgan fingerprint density at radius 3 is 2.41 bits per heavy atom. The van der Waals surface area contributed by atoms with Crippen molar-refractivity contribution in [3.05, 3.63) is 72.1 Å². The Morgan fingerprint density at radius 2 is 1.80 bits per heavy atom. The minimum absolute atomic E-state index is 0.156. The molecule has 4 aromatic rings. The molecule has 4 heterocycles. The minimum Gasteiger partial charge on any atom is -0.493 e. The number of carboxylic acid groups (broad SMARTS) is 1. The van der Waals surface area contributed by atoms with Crippen molar-refractivity contribution in [2.45, 2.75) is 58.4 Å². The minimum atomic E-state index is -4.83. The van der Waals surface area contributed by atoms with Crippen LogP contribution in [0.1, 0.15) is 50.5 Å². The van der Waals surface area contributed by atoms with E-state index in [1.165, 1.54) is 16.8 Å². The molecule has 2 aliphatic heterocycles. The van der Waals surface area contributed by atoms with Crippen LogP contribution in [-0.2, 0) is 4.79 Å². The first kappa shape index (κ1) is 34.0. The normalized spacial score (nSPS) is 18.2. The number of hydrogen-bond acceptors (Lipinski definition) is 9. The van der Waals surface area contributed by atoms with E-state index in [2.05, 4.69) is 34.2 Å². The number of nitrogens with two attached hydrogens (primary N) is 1. The van der Waals surface area contributed by atoms with E-state index in [1.807, 2.05) is 29.2 Å². The molecule has 2 saturated heterocycles. The number of benzene rings is 2. The predicted octanol–water partition coefficient (Wildman–Crippen LogP) is 5.97. The maximum atomic E-state index is 14.9. The van der Waals surface area contributed by atoms with Gasteiger partial charge in [-0.15, -0.1) is 0 Å². The van der Waals surface area contributed by atoms with Crippen molar-refractivity contribution in [2.75, 3.05) is 36.9 Å². The molecule has 0 radical (unpaired) electrons. The number of aliphatic carboxylic acids is 1. The fourth-order valence-electron chi connectivity index (χ4n) is 6.46. The summed E-state index contributed by atoms with van der Waals surface area (Å²) in [6, 6.07) is 14.6. The predicted molar refractivity (Wildman–Crippen MR) is 178 cm³/mol. The van der Waals surface area contributed by atoms with Crippen LogP contribution < -0.4 is 25.4 Å². The first-order valence-corrected chi connectivity index (χ1v) is 16.3. The van der Waals surface area contributed by atoms with E-state index in [-0.39, 0.29) is 28.5 Å². The van der Waals surface area contributed by atoms with Gasteiger partial charge in [-0.25, -0.2) is 4.68 Å². The van der Waals surface area contributed by atoms with E-state index in [1.54, 1.807) is 31.3 Å². The van der Waals surface area contributed by atoms with E-state index >= 15 is 0 Å². The molecule has 0 amide bonds. The quantitative estimate of drug-likeness (QED) is 0.184. The highest BCUT2D eigenvalue weighted by Crippen LogP contribution is 2.43. The summed E-state index contributed by atoms with van der Waals surface area (Å²) in [6.07, 6.45) is -3.71. The molecule has 2 aromatic heterocycles. The Kier molecular flexibility index (Phi) is 9.43. The number of aryl methyl sites for hydroxylation is 1. The number of carbonyl (C=O) groups is 1. The number of carboxylic acids is 1. The van der Waals surface area contributed by atoms with Gasteiger partial charge in [0.2, 0.25) is 17.9 Å². The number of hydrogen-bond donors (Lipinski definition) is 3. The van der Waals surface area contributed by atoms with Crippen molar-refractivity contribution in [1.82, 2.24) is 25.1 Å². The van der Waals surface area contributed by atoms with E-state index in [0.29, 0.717) is 74.2 Å². The van der Waals surface area contributed by atoms with Gasteiger partial charge in [0.05, 0.1) is 18.0 Å². The van der Waals surface area contributed by atoms with Crippen LogP contribution in [0, 0.1) is 18.3 Å². The lowest BCUT2D eigenvalue weighted by atomic mass is 9.76. The lowest BCUT2D eigenvalue weighted by Gasteiger charge is -2.39. The number of aromatic nitrogens is 4. The van der Waals surface area contributed by atoms with Crippen LogP contribution in [-0.4, -0.2) is 69.3 Å². The van der Waals surface area contributed by atoms with Crippen LogP contribution in [0.4, 0.5) is 24.9 Å². The van der Waals surface area contributed by atoms with Crippen molar-refractivity contribution in [3.63, 3.8) is 0 Å². The van der Waals surface area contributed by atoms with Crippen LogP contribution >= 0.6 is 0 Å². The number of piperidine rings is 1. The summed E-state index contributed by atoms with van der Waals surface area (Å²) < 4.78 is 57.6. The summed E-state index contributed by atoms with van der Waals surface area (Å²) in [4.78, 5) is 21.7. The van der Waals surface area contributed by atoms with Crippen LogP contribution in [0.3, 0.4) is 0 Å². The van der Waals surface area contributed by atoms with Crippen molar-refractivity contribution < 1.29 is 32.5 Å². The molecule has 2 fully saturated rings. The Labute approximate surface area is 282 Å². The molecule has 2 atom stereocenters. The molecule has 1 spiro atoms. The molecule has 0 saturated carbocycles. The Bertz CT molecular complexity index is 1790. The van der Waals surface area contributed by atoms with Crippen molar-refractivity contribution in [2.24, 2.45) is 11.3 Å². The molecule has 14 heteroatoms. The van der Waals surface area contributed by atoms with Gasteiger partial charge in [0, 0.05) is 37.5 Å². The van der Waals surface area contributed by atoms with Gasteiger partial charge in [-0.05, 0) is 72.9 Å². The topological polar surface area (TPSA) is 141 Å². The molecule has 4 N–H and O–H groups in total.